The number of nitrogens with one attached hydrogen (secondary N) is 2. The van der Waals surface area contributed by atoms with Crippen molar-refractivity contribution in [2.45, 2.75) is 32.6 Å². The van der Waals surface area contributed by atoms with Gasteiger partial charge in [-0.05, 0) is 49.9 Å². The Balaban J connectivity index is 2.15. The predicted octanol–water partition coefficient (Wildman–Crippen LogP) is 1.78. The maximum atomic E-state index is 12.9. The first kappa shape index (κ1) is 15.3. The molecule has 2 heterocycles. The van der Waals surface area contributed by atoms with Gasteiger partial charge in [0, 0.05) is 0 Å². The van der Waals surface area contributed by atoms with Crippen molar-refractivity contribution in [3.05, 3.63) is 34.6 Å². The van der Waals surface area contributed by atoms with E-state index in [9.17, 15) is 8.42 Å². The number of sulfonamides is 1. The SMILES string of the molecule is Cc1cc(C)c(C)c(S(=O)(=O)Nc2ncnc3n[nH]nc23)c1C. The number of fused-ring (bicyclic) bond motifs is 1. The molecular weight excluding hydrogens is 316 g/mol. The monoisotopic (exact) mass is 332 g/mol. The largest absolute Gasteiger partial charge is 0.263 e. The van der Waals surface area contributed by atoms with Crippen molar-refractivity contribution in [3.8, 4) is 0 Å². The molecule has 0 saturated carbocycles. The lowest BCUT2D eigenvalue weighted by Crippen LogP contribution is -2.18. The zero-order chi connectivity index (χ0) is 16.8. The molecule has 0 aliphatic carbocycles. The molecule has 0 bridgehead atoms. The van der Waals surface area contributed by atoms with Gasteiger partial charge in [0.05, 0.1) is 4.90 Å². The maximum absolute atomic E-state index is 12.9. The highest BCUT2D eigenvalue weighted by Gasteiger charge is 2.24. The number of rotatable bonds is 3. The molecule has 2 aromatic heterocycles. The second-order valence-corrected chi connectivity index (χ2v) is 7.03. The van der Waals surface area contributed by atoms with E-state index < -0.39 is 10.0 Å². The number of benzene rings is 1. The van der Waals surface area contributed by atoms with Crippen molar-refractivity contribution < 1.29 is 8.42 Å². The van der Waals surface area contributed by atoms with Crippen LogP contribution in [0.1, 0.15) is 22.3 Å². The number of nitrogens with zero attached hydrogens (tertiary/aromatic N) is 4. The van der Waals surface area contributed by atoms with Crippen LogP contribution in [-0.4, -0.2) is 33.8 Å². The molecule has 0 aliphatic rings. The Morgan fingerprint density at radius 1 is 1.00 bits per heavy atom. The molecule has 8 nitrogen and oxygen atoms in total. The van der Waals surface area contributed by atoms with E-state index in [2.05, 4.69) is 30.1 Å². The number of anilines is 1. The zero-order valence-corrected chi connectivity index (χ0v) is 14.0. The van der Waals surface area contributed by atoms with Crippen LogP contribution in [0, 0.1) is 27.7 Å². The molecule has 3 aromatic rings. The molecule has 1 aromatic carbocycles. The van der Waals surface area contributed by atoms with Crippen LogP contribution < -0.4 is 4.72 Å². The third-order valence-electron chi connectivity index (χ3n) is 3.92. The van der Waals surface area contributed by atoms with Crippen molar-refractivity contribution >= 4 is 27.0 Å². The zero-order valence-electron chi connectivity index (χ0n) is 13.2. The lowest BCUT2D eigenvalue weighted by Gasteiger charge is -2.16. The van der Waals surface area contributed by atoms with E-state index in [1.807, 2.05) is 19.9 Å². The summed E-state index contributed by atoms with van der Waals surface area (Å²) in [4.78, 5) is 8.16. The minimum atomic E-state index is -3.81. The first-order valence-electron chi connectivity index (χ1n) is 6.93. The van der Waals surface area contributed by atoms with Crippen LogP contribution in [0.15, 0.2) is 17.3 Å². The first-order valence-corrected chi connectivity index (χ1v) is 8.41. The Hall–Kier alpha value is -2.55. The van der Waals surface area contributed by atoms with E-state index in [1.165, 1.54) is 6.33 Å². The summed E-state index contributed by atoms with van der Waals surface area (Å²) < 4.78 is 28.3. The lowest BCUT2D eigenvalue weighted by atomic mass is 10.0. The van der Waals surface area contributed by atoms with E-state index in [0.29, 0.717) is 16.8 Å². The average Bonchev–Trinajstić information content (AvgIpc) is 2.94. The summed E-state index contributed by atoms with van der Waals surface area (Å²) in [6.45, 7) is 7.37. The normalized spacial score (nSPS) is 11.8. The topological polar surface area (TPSA) is 114 Å². The summed E-state index contributed by atoms with van der Waals surface area (Å²) in [5.74, 6) is 0.0988. The molecule has 0 amide bonds. The lowest BCUT2D eigenvalue weighted by molar-refractivity contribution is 0.599. The molecular formula is C14H16N6O2S. The standard InChI is InChI=1S/C14H16N6O2S/c1-7-5-8(2)10(4)12(9(7)3)23(21,22)19-14-11-13(15-6-16-14)18-20-17-11/h5-6H,1-4H3,(H2,15,16,17,18,19,20). The van der Waals surface area contributed by atoms with Gasteiger partial charge in [-0.1, -0.05) is 6.07 Å². The smallest absolute Gasteiger partial charge is 0.261 e. The third-order valence-corrected chi connectivity index (χ3v) is 5.53. The Bertz CT molecular complexity index is 983. The van der Waals surface area contributed by atoms with Crippen LogP contribution in [0.5, 0.6) is 0 Å². The van der Waals surface area contributed by atoms with E-state index in [0.717, 1.165) is 11.1 Å². The molecule has 0 unspecified atom stereocenters. The van der Waals surface area contributed by atoms with Gasteiger partial charge in [0.1, 0.15) is 6.33 Å². The summed E-state index contributed by atoms with van der Waals surface area (Å²) in [6, 6.07) is 1.98. The number of hydrogen-bond donors (Lipinski definition) is 2. The van der Waals surface area contributed by atoms with E-state index in [4.69, 9.17) is 0 Å². The third kappa shape index (κ3) is 2.52. The van der Waals surface area contributed by atoms with E-state index in [-0.39, 0.29) is 16.2 Å². The van der Waals surface area contributed by atoms with Crippen LogP contribution in [-0.2, 0) is 10.0 Å². The van der Waals surface area contributed by atoms with Gasteiger partial charge in [-0.15, -0.1) is 5.10 Å². The highest BCUT2D eigenvalue weighted by atomic mass is 32.2. The van der Waals surface area contributed by atoms with Crippen molar-refractivity contribution in [1.82, 2.24) is 25.4 Å². The summed E-state index contributed by atoms with van der Waals surface area (Å²) in [7, 11) is -3.81. The van der Waals surface area contributed by atoms with Gasteiger partial charge in [-0.25, -0.2) is 18.4 Å². The van der Waals surface area contributed by atoms with Gasteiger partial charge in [0.2, 0.25) is 5.65 Å². The maximum Gasteiger partial charge on any atom is 0.263 e. The Kier molecular flexibility index (Phi) is 3.52. The number of hydrogen-bond acceptors (Lipinski definition) is 6. The highest BCUT2D eigenvalue weighted by Crippen LogP contribution is 2.28. The Labute approximate surface area is 133 Å². The number of H-pyrrole nitrogens is 1. The fraction of sp³-hybridized carbons (Fsp3) is 0.286. The summed E-state index contributed by atoms with van der Waals surface area (Å²) in [5, 5.41) is 10.1. The molecule has 0 radical (unpaired) electrons. The summed E-state index contributed by atoms with van der Waals surface area (Å²) >= 11 is 0. The molecule has 23 heavy (non-hydrogen) atoms. The fourth-order valence-corrected chi connectivity index (χ4v) is 4.15. The van der Waals surface area contributed by atoms with Crippen molar-refractivity contribution in [2.75, 3.05) is 4.72 Å². The van der Waals surface area contributed by atoms with Crippen molar-refractivity contribution in [2.24, 2.45) is 0 Å². The second kappa shape index (κ2) is 5.27. The minimum Gasteiger partial charge on any atom is -0.261 e. The molecule has 0 spiro atoms. The Morgan fingerprint density at radius 2 is 1.65 bits per heavy atom. The summed E-state index contributed by atoms with van der Waals surface area (Å²) in [6.07, 6.45) is 1.24. The average molecular weight is 332 g/mol. The molecule has 0 fully saturated rings. The van der Waals surface area contributed by atoms with Gasteiger partial charge in [-0.3, -0.25) is 4.72 Å². The van der Waals surface area contributed by atoms with E-state index >= 15 is 0 Å². The number of aromatic amines is 1. The van der Waals surface area contributed by atoms with Gasteiger partial charge in [0.15, 0.2) is 11.3 Å². The molecule has 0 saturated heterocycles. The minimum absolute atomic E-state index is 0.0988. The quantitative estimate of drug-likeness (QED) is 0.756. The molecule has 9 heteroatoms. The van der Waals surface area contributed by atoms with Gasteiger partial charge < -0.3 is 0 Å². The van der Waals surface area contributed by atoms with Crippen LogP contribution in [0.25, 0.3) is 11.2 Å². The summed E-state index contributed by atoms with van der Waals surface area (Å²) in [5.41, 5.74) is 3.84. The van der Waals surface area contributed by atoms with Crippen LogP contribution in [0.3, 0.4) is 0 Å². The highest BCUT2D eigenvalue weighted by molar-refractivity contribution is 7.92. The van der Waals surface area contributed by atoms with Gasteiger partial charge in [-0.2, -0.15) is 10.3 Å². The predicted molar refractivity (Wildman–Crippen MR) is 85.7 cm³/mol. The van der Waals surface area contributed by atoms with E-state index in [1.54, 1.807) is 13.8 Å². The number of aryl methyl sites for hydroxylation is 2. The van der Waals surface area contributed by atoms with Crippen molar-refractivity contribution in [1.29, 1.82) is 0 Å². The molecule has 0 aliphatic heterocycles. The molecule has 2 N–H and O–H groups in total. The van der Waals surface area contributed by atoms with Crippen LogP contribution >= 0.6 is 0 Å². The first-order chi connectivity index (χ1) is 10.8. The van der Waals surface area contributed by atoms with Crippen LogP contribution in [0.4, 0.5) is 5.82 Å². The van der Waals surface area contributed by atoms with Crippen molar-refractivity contribution in [3.63, 3.8) is 0 Å². The molecule has 120 valence electrons. The van der Waals surface area contributed by atoms with Gasteiger partial charge in [0.25, 0.3) is 10.0 Å². The fourth-order valence-electron chi connectivity index (χ4n) is 2.51. The number of aromatic nitrogens is 5. The molecule has 0 atom stereocenters. The Morgan fingerprint density at radius 3 is 2.30 bits per heavy atom. The van der Waals surface area contributed by atoms with Gasteiger partial charge >= 0.3 is 0 Å². The van der Waals surface area contributed by atoms with Crippen LogP contribution in [0.2, 0.25) is 0 Å². The second-order valence-electron chi connectivity index (χ2n) is 5.41. The molecule has 3 rings (SSSR count).